The van der Waals surface area contributed by atoms with Gasteiger partial charge >= 0.3 is 0 Å². The molecule has 3 amide bonds. The van der Waals surface area contributed by atoms with E-state index < -0.39 is 35.7 Å². The summed E-state index contributed by atoms with van der Waals surface area (Å²) in [5.41, 5.74) is 4.53. The fraction of sp³-hybridized carbons (Fsp3) is 0.250. The van der Waals surface area contributed by atoms with Gasteiger partial charge in [-0.25, -0.2) is 10.3 Å². The fourth-order valence-corrected chi connectivity index (χ4v) is 5.46. The number of nitrogens with one attached hydrogen (secondary N) is 1. The average Bonchev–Trinajstić information content (AvgIpc) is 3.44. The summed E-state index contributed by atoms with van der Waals surface area (Å²) >= 11 is 3.40. The molecule has 3 aromatic rings. The van der Waals surface area contributed by atoms with Crippen LogP contribution in [0.25, 0.3) is 0 Å². The van der Waals surface area contributed by atoms with Crippen molar-refractivity contribution in [3.63, 3.8) is 0 Å². The van der Waals surface area contributed by atoms with Gasteiger partial charge in [0.05, 0.1) is 38.5 Å². The van der Waals surface area contributed by atoms with Crippen molar-refractivity contribution in [3.05, 3.63) is 82.3 Å². The number of hydrazine groups is 1. The minimum Gasteiger partial charge on any atom is -0.494 e. The number of rotatable bonds is 7. The summed E-state index contributed by atoms with van der Waals surface area (Å²) in [5, 5.41) is 1.27. The summed E-state index contributed by atoms with van der Waals surface area (Å²) in [6.07, 6.45) is 0. The highest BCUT2D eigenvalue weighted by atomic mass is 79.9. The Morgan fingerprint density at radius 3 is 2.37 bits per heavy atom. The number of nitrogens with zero attached hydrogens (tertiary/aromatic N) is 2. The summed E-state index contributed by atoms with van der Waals surface area (Å²) in [6.45, 7) is 2.37. The first-order chi connectivity index (χ1) is 18.4. The van der Waals surface area contributed by atoms with Gasteiger partial charge < -0.3 is 14.2 Å². The molecule has 0 saturated carbocycles. The molecule has 3 atom stereocenters. The van der Waals surface area contributed by atoms with E-state index in [9.17, 15) is 14.4 Å². The molecule has 2 fully saturated rings. The third-order valence-corrected chi connectivity index (χ3v) is 7.19. The van der Waals surface area contributed by atoms with Crippen molar-refractivity contribution in [2.45, 2.75) is 19.0 Å². The molecule has 9 nitrogen and oxygen atoms in total. The van der Waals surface area contributed by atoms with Crippen LogP contribution in [0.5, 0.6) is 17.2 Å². The highest BCUT2D eigenvalue weighted by molar-refractivity contribution is 9.10. The zero-order valence-corrected chi connectivity index (χ0v) is 22.6. The summed E-state index contributed by atoms with van der Waals surface area (Å²) < 4.78 is 17.3. The molecule has 5 rings (SSSR count). The van der Waals surface area contributed by atoms with Crippen LogP contribution in [-0.4, -0.2) is 49.6 Å². The molecule has 0 aliphatic carbocycles. The lowest BCUT2D eigenvalue weighted by Crippen LogP contribution is -2.48. The summed E-state index contributed by atoms with van der Waals surface area (Å²) in [5.74, 6) is -0.724. The Morgan fingerprint density at radius 1 is 0.974 bits per heavy atom. The molecule has 3 unspecified atom stereocenters. The Hall–Kier alpha value is -3.89. The number of benzene rings is 3. The fourth-order valence-electron chi connectivity index (χ4n) is 5.06. The first-order valence-electron chi connectivity index (χ1n) is 12.1. The third-order valence-electron chi connectivity index (χ3n) is 6.70. The first-order valence-corrected chi connectivity index (χ1v) is 12.9. The number of anilines is 1. The SMILES string of the molecule is CCOc1ccc(N2C(=O)C3C(c4cccc(OC)c4OC)NN(C(=O)c4cccc(Br)c4)C3C2=O)cc1. The second-order valence-electron chi connectivity index (χ2n) is 8.78. The molecule has 2 heterocycles. The van der Waals surface area contributed by atoms with Crippen molar-refractivity contribution in [2.75, 3.05) is 25.7 Å². The number of hydrogen-bond acceptors (Lipinski definition) is 7. The maximum absolute atomic E-state index is 13.9. The highest BCUT2D eigenvalue weighted by Crippen LogP contribution is 2.46. The number of ether oxygens (including phenoxy) is 3. The van der Waals surface area contributed by atoms with Gasteiger partial charge in [-0.2, -0.15) is 0 Å². The molecule has 38 heavy (non-hydrogen) atoms. The number of halogens is 1. The Kier molecular flexibility index (Phi) is 7.09. The molecule has 0 spiro atoms. The molecule has 10 heteroatoms. The number of carbonyl (C=O) groups is 3. The quantitative estimate of drug-likeness (QED) is 0.420. The number of carbonyl (C=O) groups excluding carboxylic acids is 3. The van der Waals surface area contributed by atoms with E-state index in [1.165, 1.54) is 19.2 Å². The highest BCUT2D eigenvalue weighted by Gasteiger charge is 2.61. The van der Waals surface area contributed by atoms with Crippen LogP contribution in [-0.2, 0) is 9.59 Å². The third kappa shape index (κ3) is 4.29. The largest absolute Gasteiger partial charge is 0.494 e. The van der Waals surface area contributed by atoms with Gasteiger partial charge in [-0.15, -0.1) is 0 Å². The number of hydrogen-bond donors (Lipinski definition) is 1. The number of methoxy groups -OCH3 is 2. The smallest absolute Gasteiger partial charge is 0.268 e. The molecule has 2 saturated heterocycles. The summed E-state index contributed by atoms with van der Waals surface area (Å²) in [4.78, 5) is 42.6. The minimum atomic E-state index is -1.07. The number of para-hydroxylation sites is 1. The summed E-state index contributed by atoms with van der Waals surface area (Å²) in [6, 6.07) is 17.1. The van der Waals surface area contributed by atoms with Gasteiger partial charge in [0.1, 0.15) is 11.8 Å². The molecule has 196 valence electrons. The predicted octanol–water partition coefficient (Wildman–Crippen LogP) is 4.12. The zero-order valence-electron chi connectivity index (χ0n) is 21.0. The van der Waals surface area contributed by atoms with Gasteiger partial charge in [-0.1, -0.05) is 34.1 Å². The minimum absolute atomic E-state index is 0.364. The van der Waals surface area contributed by atoms with Gasteiger partial charge in [0, 0.05) is 15.6 Å². The van der Waals surface area contributed by atoms with E-state index in [1.54, 1.807) is 66.7 Å². The van der Waals surface area contributed by atoms with Crippen molar-refractivity contribution in [1.29, 1.82) is 0 Å². The maximum atomic E-state index is 13.9. The Balaban J connectivity index is 1.59. The van der Waals surface area contributed by atoms with Crippen LogP contribution in [0.3, 0.4) is 0 Å². The van der Waals surface area contributed by atoms with Gasteiger partial charge in [0.15, 0.2) is 11.5 Å². The lowest BCUT2D eigenvalue weighted by molar-refractivity contribution is -0.123. The van der Waals surface area contributed by atoms with Crippen molar-refractivity contribution >= 4 is 39.3 Å². The van der Waals surface area contributed by atoms with E-state index in [0.717, 1.165) is 9.37 Å². The predicted molar refractivity (Wildman–Crippen MR) is 143 cm³/mol. The molecule has 3 aromatic carbocycles. The normalized spacial score (nSPS) is 20.5. The van der Waals surface area contributed by atoms with Crippen molar-refractivity contribution in [3.8, 4) is 17.2 Å². The van der Waals surface area contributed by atoms with Crippen LogP contribution in [0.15, 0.2) is 71.2 Å². The van der Waals surface area contributed by atoms with E-state index in [2.05, 4.69) is 21.4 Å². The standard InChI is InChI=1S/C28H26BrN3O6/c1-4-38-19-13-11-18(12-14-19)31-27(34)22-23(20-9-6-10-21(36-2)25(20)37-3)30-32(24(22)28(31)35)26(33)16-7-5-8-17(29)15-16/h5-15,22-24,30H,4H2,1-3H3. The molecule has 1 N–H and O–H groups in total. The topological polar surface area (TPSA) is 97.4 Å². The Bertz CT molecular complexity index is 1400. The van der Waals surface area contributed by atoms with Crippen molar-refractivity contribution in [1.82, 2.24) is 10.4 Å². The van der Waals surface area contributed by atoms with Crippen LogP contribution in [0.1, 0.15) is 28.9 Å². The molecule has 0 aromatic heterocycles. The van der Waals surface area contributed by atoms with Crippen molar-refractivity contribution < 1.29 is 28.6 Å². The second kappa shape index (κ2) is 10.5. The lowest BCUT2D eigenvalue weighted by atomic mass is 9.90. The number of amides is 3. The molecular weight excluding hydrogens is 554 g/mol. The van der Waals surface area contributed by atoms with Gasteiger partial charge in [-0.05, 0) is 55.5 Å². The first kappa shape index (κ1) is 25.7. The van der Waals surface area contributed by atoms with Gasteiger partial charge in [0.25, 0.3) is 11.8 Å². The van der Waals surface area contributed by atoms with E-state index in [0.29, 0.717) is 40.7 Å². The maximum Gasteiger partial charge on any atom is 0.268 e. The Labute approximate surface area is 228 Å². The van der Waals surface area contributed by atoms with Crippen LogP contribution in [0.2, 0.25) is 0 Å². The molecule has 0 radical (unpaired) electrons. The monoisotopic (exact) mass is 579 g/mol. The van der Waals surface area contributed by atoms with E-state index in [-0.39, 0.29) is 0 Å². The van der Waals surface area contributed by atoms with Crippen LogP contribution >= 0.6 is 15.9 Å². The van der Waals surface area contributed by atoms with Crippen LogP contribution in [0.4, 0.5) is 5.69 Å². The molecule has 2 aliphatic heterocycles. The van der Waals surface area contributed by atoms with Gasteiger partial charge in [0.2, 0.25) is 5.91 Å². The number of fused-ring (bicyclic) bond motifs is 1. The molecule has 0 bridgehead atoms. The Morgan fingerprint density at radius 2 is 1.71 bits per heavy atom. The zero-order chi connectivity index (χ0) is 27.0. The number of imide groups is 1. The molecule has 2 aliphatic rings. The van der Waals surface area contributed by atoms with E-state index in [4.69, 9.17) is 14.2 Å². The lowest BCUT2D eigenvalue weighted by Gasteiger charge is -2.26. The van der Waals surface area contributed by atoms with Crippen LogP contribution in [0, 0.1) is 5.92 Å². The summed E-state index contributed by atoms with van der Waals surface area (Å²) in [7, 11) is 3.03. The average molecular weight is 580 g/mol. The van der Waals surface area contributed by atoms with Gasteiger partial charge in [-0.3, -0.25) is 19.4 Å². The van der Waals surface area contributed by atoms with Crippen LogP contribution < -0.4 is 24.5 Å². The molecular formula is C28H26BrN3O6. The second-order valence-corrected chi connectivity index (χ2v) is 9.70. The van der Waals surface area contributed by atoms with E-state index in [1.807, 2.05) is 6.92 Å². The van der Waals surface area contributed by atoms with E-state index >= 15 is 0 Å². The van der Waals surface area contributed by atoms with Crippen molar-refractivity contribution in [2.24, 2.45) is 5.92 Å².